The quantitative estimate of drug-likeness (QED) is 0.175. The van der Waals surface area contributed by atoms with E-state index in [0.29, 0.717) is 0 Å². The van der Waals surface area contributed by atoms with Crippen molar-refractivity contribution in [3.05, 3.63) is 311 Å². The fourth-order valence-electron chi connectivity index (χ4n) is 15.1. The van der Waals surface area contributed by atoms with Gasteiger partial charge in [-0.3, -0.25) is 0 Å². The third-order valence-corrected chi connectivity index (χ3v) is 18.0. The van der Waals surface area contributed by atoms with E-state index >= 15 is 0 Å². The number of furan rings is 1. The highest BCUT2D eigenvalue weighted by Gasteiger charge is 2.53. The number of benzene rings is 12. The first-order valence-electron chi connectivity index (χ1n) is 26.8. The zero-order valence-electron chi connectivity index (χ0n) is 41.7. The average Bonchev–Trinajstić information content (AvgIpc) is 3.57. The maximum Gasteiger partial charge on any atom is 0.135 e. The number of rotatable bonds is 4. The zero-order chi connectivity index (χ0) is 50.1. The van der Waals surface area contributed by atoms with E-state index in [4.69, 9.17) is 4.42 Å². The van der Waals surface area contributed by atoms with Crippen molar-refractivity contribution in [1.82, 2.24) is 4.57 Å². The number of hydrogen-bond acceptors (Lipinski definition) is 2. The molecule has 0 saturated heterocycles. The van der Waals surface area contributed by atoms with E-state index in [1.165, 1.54) is 105 Å². The molecule has 3 heteroatoms. The number of fused-ring (bicyclic) bond motifs is 25. The normalized spacial score (nSPS) is 14.2. The number of aromatic nitrogens is 1. The van der Waals surface area contributed by atoms with Crippen molar-refractivity contribution >= 4 is 60.8 Å². The van der Waals surface area contributed by atoms with Crippen molar-refractivity contribution in [3.8, 4) is 50.2 Å². The second-order valence-corrected chi connectivity index (χ2v) is 21.4. The van der Waals surface area contributed by atoms with Crippen LogP contribution < -0.4 is 4.90 Å². The summed E-state index contributed by atoms with van der Waals surface area (Å²) in [6.45, 7) is 0. The number of nitrogens with zero attached hydrogens (tertiary/aromatic N) is 2. The Bertz CT molecular complexity index is 4800. The van der Waals surface area contributed by atoms with Crippen molar-refractivity contribution in [2.24, 2.45) is 0 Å². The molecule has 12 aromatic carbocycles. The van der Waals surface area contributed by atoms with Gasteiger partial charge in [-0.1, -0.05) is 206 Å². The first kappa shape index (κ1) is 41.4. The summed E-state index contributed by atoms with van der Waals surface area (Å²) in [7, 11) is 0. The minimum absolute atomic E-state index is 0.481. The minimum Gasteiger partial charge on any atom is -0.456 e. The van der Waals surface area contributed by atoms with Crippen molar-refractivity contribution in [2.45, 2.75) is 10.8 Å². The highest BCUT2D eigenvalue weighted by molar-refractivity contribution is 6.14. The topological polar surface area (TPSA) is 21.3 Å². The highest BCUT2D eigenvalue weighted by Crippen LogP contribution is 2.65. The average molecular weight is 977 g/mol. The molecule has 4 aliphatic rings. The first-order chi connectivity index (χ1) is 38.2. The summed E-state index contributed by atoms with van der Waals surface area (Å²) in [4.78, 5) is 2.53. The van der Waals surface area contributed by atoms with E-state index in [-0.39, 0.29) is 0 Å². The van der Waals surface area contributed by atoms with Gasteiger partial charge in [0, 0.05) is 38.5 Å². The van der Waals surface area contributed by atoms with E-state index in [9.17, 15) is 0 Å². The Morgan fingerprint density at radius 2 is 0.805 bits per heavy atom. The Morgan fingerprint density at radius 3 is 1.49 bits per heavy atom. The van der Waals surface area contributed by atoms with Crippen LogP contribution in [0.2, 0.25) is 0 Å². The molecule has 0 fully saturated rings. The molecule has 3 aliphatic carbocycles. The van der Waals surface area contributed by atoms with Crippen LogP contribution in [0, 0.1) is 0 Å². The van der Waals surface area contributed by atoms with E-state index in [2.05, 4.69) is 264 Å². The maximum absolute atomic E-state index is 6.26. The van der Waals surface area contributed by atoms with Crippen molar-refractivity contribution in [1.29, 1.82) is 0 Å². The molecule has 0 radical (unpaired) electrons. The molecular formula is C74H44N2O. The first-order valence-corrected chi connectivity index (χ1v) is 26.8. The largest absolute Gasteiger partial charge is 0.456 e. The number of hydrogen-bond donors (Lipinski definition) is 0. The van der Waals surface area contributed by atoms with Crippen LogP contribution in [0.3, 0.4) is 0 Å². The summed E-state index contributed by atoms with van der Waals surface area (Å²) >= 11 is 0. The van der Waals surface area contributed by atoms with Gasteiger partial charge in [0.1, 0.15) is 11.2 Å². The summed E-state index contributed by atoms with van der Waals surface area (Å²) in [6.07, 6.45) is 0. The lowest BCUT2D eigenvalue weighted by Gasteiger charge is -2.39. The van der Waals surface area contributed by atoms with Gasteiger partial charge in [0.2, 0.25) is 0 Å². The van der Waals surface area contributed by atoms with Gasteiger partial charge in [-0.15, -0.1) is 0 Å². The minimum atomic E-state index is -0.482. The van der Waals surface area contributed by atoms with Crippen LogP contribution in [-0.4, -0.2) is 4.57 Å². The molecule has 0 N–H and O–H groups in total. The molecule has 1 aliphatic heterocycles. The van der Waals surface area contributed by atoms with Gasteiger partial charge in [0.25, 0.3) is 0 Å². The van der Waals surface area contributed by atoms with Crippen LogP contribution in [0.4, 0.5) is 17.1 Å². The molecule has 2 aromatic heterocycles. The summed E-state index contributed by atoms with van der Waals surface area (Å²) < 4.78 is 8.82. The molecule has 2 spiro atoms. The number of anilines is 3. The van der Waals surface area contributed by atoms with Crippen molar-refractivity contribution in [3.63, 3.8) is 0 Å². The summed E-state index contributed by atoms with van der Waals surface area (Å²) in [6, 6.07) is 100. The molecule has 0 atom stereocenters. The monoisotopic (exact) mass is 976 g/mol. The van der Waals surface area contributed by atoms with E-state index in [0.717, 1.165) is 50.1 Å². The number of para-hydroxylation sites is 3. The van der Waals surface area contributed by atoms with Crippen LogP contribution in [0.5, 0.6) is 0 Å². The summed E-state index contributed by atoms with van der Waals surface area (Å²) in [5.74, 6) is 0. The molecule has 0 amide bonds. The molecule has 3 heterocycles. The molecule has 0 saturated carbocycles. The Balaban J connectivity index is 0.893. The van der Waals surface area contributed by atoms with Gasteiger partial charge in [0.15, 0.2) is 0 Å². The molecule has 3 nitrogen and oxygen atoms in total. The van der Waals surface area contributed by atoms with E-state index in [1.807, 2.05) is 12.1 Å². The molecule has 0 bridgehead atoms. The predicted molar refractivity (Wildman–Crippen MR) is 315 cm³/mol. The maximum atomic E-state index is 6.26. The fourth-order valence-corrected chi connectivity index (χ4v) is 15.1. The second kappa shape index (κ2) is 14.9. The van der Waals surface area contributed by atoms with E-state index < -0.39 is 10.8 Å². The van der Waals surface area contributed by atoms with Crippen LogP contribution in [0.1, 0.15) is 44.5 Å². The van der Waals surface area contributed by atoms with Crippen LogP contribution in [0.15, 0.2) is 271 Å². The highest BCUT2D eigenvalue weighted by atomic mass is 16.3. The van der Waals surface area contributed by atoms with Gasteiger partial charge in [-0.2, -0.15) is 0 Å². The third-order valence-electron chi connectivity index (χ3n) is 18.0. The Hall–Kier alpha value is -9.96. The van der Waals surface area contributed by atoms with E-state index in [1.54, 1.807) is 0 Å². The van der Waals surface area contributed by atoms with Gasteiger partial charge >= 0.3 is 0 Å². The predicted octanol–water partition coefficient (Wildman–Crippen LogP) is 18.8. The molecule has 356 valence electrons. The third kappa shape index (κ3) is 5.07. The molecule has 14 aromatic rings. The zero-order valence-corrected chi connectivity index (χ0v) is 41.7. The summed E-state index contributed by atoms with van der Waals surface area (Å²) in [5.41, 5.74) is 28.5. The van der Waals surface area contributed by atoms with Crippen LogP contribution >= 0.6 is 0 Å². The Kier molecular flexibility index (Phi) is 8.00. The lowest BCUT2D eigenvalue weighted by Crippen LogP contribution is -2.33. The van der Waals surface area contributed by atoms with Crippen LogP contribution in [-0.2, 0) is 10.8 Å². The molecule has 77 heavy (non-hydrogen) atoms. The molecule has 18 rings (SSSR count). The van der Waals surface area contributed by atoms with Gasteiger partial charge < -0.3 is 13.9 Å². The smallest absolute Gasteiger partial charge is 0.135 e. The van der Waals surface area contributed by atoms with Crippen molar-refractivity contribution < 1.29 is 4.42 Å². The van der Waals surface area contributed by atoms with Gasteiger partial charge in [-0.25, -0.2) is 0 Å². The molecule has 0 unspecified atom stereocenters. The SMILES string of the molecule is c1ccc2c(c1)-c1ccccc1C21c2ccccc2-c2c(N(c3ccc(-c4ccc5oc6ccccc6c5c4)cc3)c3ccc4c(c3)c3cccc5c3n4-c3ccccc3C53c4ccccc4-c4ccccc43)cccc21. The van der Waals surface area contributed by atoms with Gasteiger partial charge in [-0.05, 0) is 144 Å². The Labute approximate surface area is 444 Å². The second-order valence-electron chi connectivity index (χ2n) is 21.4. The lowest BCUT2D eigenvalue weighted by molar-refractivity contribution is 0.669. The Morgan fingerprint density at radius 1 is 0.312 bits per heavy atom. The summed E-state index contributed by atoms with van der Waals surface area (Å²) in [5, 5.41) is 4.72. The standard InChI is InChI=1S/C74H44N2O/c1-7-24-58-49(17-1)50-18-2-8-25-59(50)73(58)62-28-11-5-22-55(62)71-64(73)30-16-33-68(71)75(47-38-35-45(36-39-47)46-37-42-70-57(43-46)53-21-6-14-34-69(53)77-70)48-40-41-66-56(44-48)54-23-15-31-65-72(54)76(66)67-32-13-12-29-63(67)74(65)60-26-9-3-19-51(60)52-20-4-10-27-61(52)74/h1-44H. The fraction of sp³-hybridized carbons (Fsp3) is 0.0270. The molecular weight excluding hydrogens is 933 g/mol. The van der Waals surface area contributed by atoms with Gasteiger partial charge in [0.05, 0.1) is 33.2 Å². The lowest BCUT2D eigenvalue weighted by atomic mass is 9.65. The van der Waals surface area contributed by atoms with Crippen LogP contribution in [0.25, 0.3) is 93.9 Å². The van der Waals surface area contributed by atoms with Crippen molar-refractivity contribution in [2.75, 3.05) is 4.90 Å².